The number of carbonyl (C=O) groups is 1. The third kappa shape index (κ3) is 8.36. The maximum absolute atomic E-state index is 11.9. The Labute approximate surface area is 171 Å². The van der Waals surface area contributed by atoms with Gasteiger partial charge in [0.05, 0.1) is 18.7 Å². The molecular formula is C18H27Cl2N3O2S. The minimum Gasteiger partial charge on any atom is -0.494 e. The summed E-state index contributed by atoms with van der Waals surface area (Å²) in [6.07, 6.45) is 1.42. The van der Waals surface area contributed by atoms with Crippen molar-refractivity contribution in [3.05, 3.63) is 35.3 Å². The van der Waals surface area contributed by atoms with Crippen molar-refractivity contribution in [2.75, 3.05) is 26.2 Å². The van der Waals surface area contributed by atoms with Gasteiger partial charge in [-0.3, -0.25) is 4.79 Å². The average Bonchev–Trinajstić information content (AvgIpc) is 3.04. The number of hydrogen-bond donors (Lipinski definition) is 2. The number of ether oxygens (including phenoxy) is 1. The van der Waals surface area contributed by atoms with Gasteiger partial charge < -0.3 is 15.4 Å². The molecule has 2 rings (SSSR count). The van der Waals surface area contributed by atoms with Crippen LogP contribution in [-0.4, -0.2) is 37.1 Å². The zero-order chi connectivity index (χ0) is 17.2. The van der Waals surface area contributed by atoms with Gasteiger partial charge in [-0.05, 0) is 44.2 Å². The second kappa shape index (κ2) is 13.8. The van der Waals surface area contributed by atoms with Crippen LogP contribution in [0.3, 0.4) is 0 Å². The molecule has 0 fully saturated rings. The molecule has 0 aliphatic heterocycles. The van der Waals surface area contributed by atoms with Crippen molar-refractivity contribution in [3.8, 4) is 16.3 Å². The van der Waals surface area contributed by atoms with Crippen LogP contribution in [0, 0.1) is 0 Å². The first-order chi connectivity index (χ1) is 11.7. The van der Waals surface area contributed by atoms with Gasteiger partial charge in [0.25, 0.3) is 0 Å². The zero-order valence-electron chi connectivity index (χ0n) is 15.1. The van der Waals surface area contributed by atoms with Crippen LogP contribution in [0.5, 0.6) is 5.75 Å². The molecule has 0 atom stereocenters. The Balaban J connectivity index is 0.00000312. The quantitative estimate of drug-likeness (QED) is 0.576. The number of aromatic nitrogens is 1. The summed E-state index contributed by atoms with van der Waals surface area (Å²) in [5.74, 6) is 0.867. The largest absolute Gasteiger partial charge is 0.494 e. The van der Waals surface area contributed by atoms with Gasteiger partial charge in [-0.2, -0.15) is 0 Å². The lowest BCUT2D eigenvalue weighted by molar-refractivity contribution is -0.120. The highest BCUT2D eigenvalue weighted by Gasteiger charge is 2.09. The summed E-state index contributed by atoms with van der Waals surface area (Å²) in [6, 6.07) is 7.87. The molecule has 8 heteroatoms. The van der Waals surface area contributed by atoms with Crippen molar-refractivity contribution >= 4 is 42.1 Å². The summed E-state index contributed by atoms with van der Waals surface area (Å²) in [7, 11) is 0. The molecule has 26 heavy (non-hydrogen) atoms. The van der Waals surface area contributed by atoms with Crippen LogP contribution in [0.1, 0.15) is 26.0 Å². The molecule has 0 aliphatic rings. The molecule has 2 aromatic rings. The topological polar surface area (TPSA) is 63.2 Å². The first-order valence-corrected chi connectivity index (χ1v) is 9.26. The maximum Gasteiger partial charge on any atom is 0.226 e. The van der Waals surface area contributed by atoms with Gasteiger partial charge in [0, 0.05) is 24.0 Å². The molecule has 1 aromatic heterocycles. The van der Waals surface area contributed by atoms with Gasteiger partial charge in [-0.25, -0.2) is 4.98 Å². The average molecular weight is 420 g/mol. The van der Waals surface area contributed by atoms with Crippen LogP contribution >= 0.6 is 36.2 Å². The smallest absolute Gasteiger partial charge is 0.226 e. The SMILES string of the molecule is CCCNCCNC(=O)Cc1csc(-c2ccc(OCC)cc2)n1.Cl.Cl. The van der Waals surface area contributed by atoms with E-state index in [-0.39, 0.29) is 30.7 Å². The molecule has 0 saturated heterocycles. The van der Waals surface area contributed by atoms with Gasteiger partial charge >= 0.3 is 0 Å². The molecule has 0 spiro atoms. The van der Waals surface area contributed by atoms with Crippen molar-refractivity contribution in [1.29, 1.82) is 0 Å². The van der Waals surface area contributed by atoms with Crippen LogP contribution in [0.4, 0.5) is 0 Å². The lowest BCUT2D eigenvalue weighted by atomic mass is 10.2. The summed E-state index contributed by atoms with van der Waals surface area (Å²) in [5.41, 5.74) is 1.85. The third-order valence-electron chi connectivity index (χ3n) is 3.36. The second-order valence-corrected chi connectivity index (χ2v) is 6.24. The van der Waals surface area contributed by atoms with Gasteiger partial charge in [-0.1, -0.05) is 6.92 Å². The summed E-state index contributed by atoms with van der Waals surface area (Å²) in [4.78, 5) is 16.5. The van der Waals surface area contributed by atoms with Crippen molar-refractivity contribution in [2.24, 2.45) is 0 Å². The van der Waals surface area contributed by atoms with E-state index >= 15 is 0 Å². The maximum atomic E-state index is 11.9. The predicted octanol–water partition coefficient (Wildman–Crippen LogP) is 3.71. The summed E-state index contributed by atoms with van der Waals surface area (Å²) >= 11 is 1.55. The third-order valence-corrected chi connectivity index (χ3v) is 4.30. The van der Waals surface area contributed by atoms with E-state index in [1.165, 1.54) is 0 Å². The molecule has 5 nitrogen and oxygen atoms in total. The van der Waals surface area contributed by atoms with E-state index in [4.69, 9.17) is 4.74 Å². The van der Waals surface area contributed by atoms with E-state index in [1.54, 1.807) is 11.3 Å². The highest BCUT2D eigenvalue weighted by Crippen LogP contribution is 2.25. The Morgan fingerprint density at radius 1 is 1.12 bits per heavy atom. The molecule has 0 unspecified atom stereocenters. The Hall–Kier alpha value is -1.34. The zero-order valence-corrected chi connectivity index (χ0v) is 17.6. The van der Waals surface area contributed by atoms with Gasteiger partial charge in [0.1, 0.15) is 10.8 Å². The molecule has 1 amide bonds. The number of benzene rings is 1. The fourth-order valence-electron chi connectivity index (χ4n) is 2.20. The predicted molar refractivity (Wildman–Crippen MR) is 113 cm³/mol. The highest BCUT2D eigenvalue weighted by atomic mass is 35.5. The number of amides is 1. The Morgan fingerprint density at radius 2 is 1.85 bits per heavy atom. The summed E-state index contributed by atoms with van der Waals surface area (Å²) < 4.78 is 5.44. The fourth-order valence-corrected chi connectivity index (χ4v) is 3.03. The van der Waals surface area contributed by atoms with Crippen LogP contribution in [-0.2, 0) is 11.2 Å². The molecule has 1 heterocycles. The molecule has 2 N–H and O–H groups in total. The van der Waals surface area contributed by atoms with Crippen LogP contribution < -0.4 is 15.4 Å². The number of hydrogen-bond acceptors (Lipinski definition) is 5. The molecular weight excluding hydrogens is 393 g/mol. The van der Waals surface area contributed by atoms with Crippen LogP contribution in [0.2, 0.25) is 0 Å². The fraction of sp³-hybridized carbons (Fsp3) is 0.444. The van der Waals surface area contributed by atoms with Gasteiger partial charge in [0.2, 0.25) is 5.91 Å². The first-order valence-electron chi connectivity index (χ1n) is 8.38. The van der Waals surface area contributed by atoms with E-state index in [0.717, 1.165) is 41.5 Å². The Morgan fingerprint density at radius 3 is 2.50 bits per heavy atom. The number of nitrogens with one attached hydrogen (secondary N) is 2. The highest BCUT2D eigenvalue weighted by molar-refractivity contribution is 7.13. The van der Waals surface area contributed by atoms with Crippen molar-refractivity contribution in [1.82, 2.24) is 15.6 Å². The molecule has 146 valence electrons. The van der Waals surface area contributed by atoms with Gasteiger partial charge in [-0.15, -0.1) is 36.2 Å². The van der Waals surface area contributed by atoms with Crippen LogP contribution in [0.15, 0.2) is 29.6 Å². The van der Waals surface area contributed by atoms with E-state index in [2.05, 4.69) is 22.5 Å². The number of halogens is 2. The Kier molecular flexibility index (Phi) is 13.1. The van der Waals surface area contributed by atoms with Gasteiger partial charge in [0.15, 0.2) is 0 Å². The van der Waals surface area contributed by atoms with E-state index in [0.29, 0.717) is 19.6 Å². The number of rotatable bonds is 10. The molecule has 1 aromatic carbocycles. The van der Waals surface area contributed by atoms with Crippen molar-refractivity contribution in [2.45, 2.75) is 26.7 Å². The standard InChI is InChI=1S/C18H25N3O2S.2ClH/c1-3-9-19-10-11-20-17(22)12-15-13-24-18(21-15)14-5-7-16(8-6-14)23-4-2;;/h5-8,13,19H,3-4,9-12H2,1-2H3,(H,20,22);2*1H. The lowest BCUT2D eigenvalue weighted by Crippen LogP contribution is -2.33. The Bertz CT molecular complexity index is 636. The first kappa shape index (κ1) is 24.7. The number of carbonyl (C=O) groups excluding carboxylic acids is 1. The minimum atomic E-state index is 0. The van der Waals surface area contributed by atoms with E-state index < -0.39 is 0 Å². The minimum absolute atomic E-state index is 0. The summed E-state index contributed by atoms with van der Waals surface area (Å²) in [6.45, 7) is 7.17. The molecule has 0 radical (unpaired) electrons. The number of nitrogens with zero attached hydrogens (tertiary/aromatic N) is 1. The molecule has 0 saturated carbocycles. The number of thiazole rings is 1. The summed E-state index contributed by atoms with van der Waals surface area (Å²) in [5, 5.41) is 9.03. The van der Waals surface area contributed by atoms with Crippen molar-refractivity contribution < 1.29 is 9.53 Å². The normalized spacial score (nSPS) is 9.77. The van der Waals surface area contributed by atoms with Crippen molar-refractivity contribution in [3.63, 3.8) is 0 Å². The van der Waals surface area contributed by atoms with E-state index in [1.807, 2.05) is 36.6 Å². The monoisotopic (exact) mass is 419 g/mol. The van der Waals surface area contributed by atoms with E-state index in [9.17, 15) is 4.79 Å². The van der Waals surface area contributed by atoms with Crippen LogP contribution in [0.25, 0.3) is 10.6 Å². The molecule has 0 aliphatic carbocycles. The molecule has 0 bridgehead atoms. The lowest BCUT2D eigenvalue weighted by Gasteiger charge is -2.05. The second-order valence-electron chi connectivity index (χ2n) is 5.38.